The van der Waals surface area contributed by atoms with Crippen molar-refractivity contribution in [2.45, 2.75) is 314 Å². The van der Waals surface area contributed by atoms with Crippen molar-refractivity contribution in [2.75, 3.05) is 13.2 Å². The van der Waals surface area contributed by atoms with Crippen LogP contribution in [0.2, 0.25) is 0 Å². The Morgan fingerprint density at radius 3 is 1.16 bits per heavy atom. The smallest absolute Gasteiger partial charge is 0.335 e. The highest BCUT2D eigenvalue weighted by Crippen LogP contribution is 2.27. The Balaban J connectivity index is 2.66. The number of allylic oxidation sites excluding steroid dienone is 16. The summed E-state index contributed by atoms with van der Waals surface area (Å²) in [6.45, 7) is 5.76. The van der Waals surface area contributed by atoms with Crippen LogP contribution in [0, 0.1) is 0 Å². The lowest BCUT2D eigenvalue weighted by atomic mass is 9.98. The topological polar surface area (TPSA) is 175 Å². The highest BCUT2D eigenvalue weighted by atomic mass is 16.7. The SMILES string of the molecule is CC/C=C\C/C=C\C/C=C\CCCCCCCCCC(=O)OC(COC(=O)CCCCCCCCCCC/C=C\C/C=C\CCCCC)COC1OC(C(=O)O)C(O)C(O)C1OC(=O)CCCCCCCCC/C=C\C/C=C\C/C=C\CC. The van der Waals surface area contributed by atoms with E-state index in [0.717, 1.165) is 161 Å². The van der Waals surface area contributed by atoms with E-state index in [1.54, 1.807) is 0 Å². The summed E-state index contributed by atoms with van der Waals surface area (Å²) in [6.07, 6.45) is 65.0. The van der Waals surface area contributed by atoms with E-state index in [1.165, 1.54) is 57.8 Å². The predicted molar refractivity (Wildman–Crippen MR) is 340 cm³/mol. The van der Waals surface area contributed by atoms with Gasteiger partial charge in [-0.05, 0) is 116 Å². The van der Waals surface area contributed by atoms with Crippen LogP contribution < -0.4 is 0 Å². The maximum Gasteiger partial charge on any atom is 0.335 e. The number of hydrogen-bond acceptors (Lipinski definition) is 11. The minimum Gasteiger partial charge on any atom is -0.479 e. The van der Waals surface area contributed by atoms with Gasteiger partial charge in [0.15, 0.2) is 24.6 Å². The van der Waals surface area contributed by atoms with E-state index in [4.69, 9.17) is 23.7 Å². The molecule has 1 aliphatic rings. The van der Waals surface area contributed by atoms with Crippen molar-refractivity contribution in [1.29, 1.82) is 0 Å². The fourth-order valence-corrected chi connectivity index (χ4v) is 9.60. The van der Waals surface area contributed by atoms with Gasteiger partial charge in [-0.3, -0.25) is 14.4 Å². The molecule has 1 fully saturated rings. The molecule has 0 radical (unpaired) electrons. The van der Waals surface area contributed by atoms with E-state index < -0.39 is 67.3 Å². The lowest BCUT2D eigenvalue weighted by Gasteiger charge is -2.40. The third kappa shape index (κ3) is 47.6. The first-order valence-corrected chi connectivity index (χ1v) is 33.2. The summed E-state index contributed by atoms with van der Waals surface area (Å²) in [6, 6.07) is 0. The van der Waals surface area contributed by atoms with Crippen LogP contribution >= 0.6 is 0 Å². The van der Waals surface area contributed by atoms with E-state index in [1.807, 2.05) is 0 Å². The van der Waals surface area contributed by atoms with Gasteiger partial charge in [0.25, 0.3) is 0 Å². The number of rotatable bonds is 56. The summed E-state index contributed by atoms with van der Waals surface area (Å²) < 4.78 is 28.6. The Morgan fingerprint density at radius 2 is 0.759 bits per heavy atom. The molecule has 3 N–H and O–H groups in total. The van der Waals surface area contributed by atoms with Crippen molar-refractivity contribution >= 4 is 23.9 Å². The van der Waals surface area contributed by atoms with Crippen LogP contribution in [-0.4, -0.2) is 89.2 Å². The molecule has 0 saturated carbocycles. The second-order valence-corrected chi connectivity index (χ2v) is 22.3. The molecule has 1 aliphatic heterocycles. The summed E-state index contributed by atoms with van der Waals surface area (Å²) in [5.74, 6) is -3.14. The molecule has 12 nitrogen and oxygen atoms in total. The van der Waals surface area contributed by atoms with Crippen LogP contribution in [0.1, 0.15) is 278 Å². The lowest BCUT2D eigenvalue weighted by molar-refractivity contribution is -0.301. The van der Waals surface area contributed by atoms with Gasteiger partial charge >= 0.3 is 23.9 Å². The monoisotopic (exact) mass is 1160 g/mol. The van der Waals surface area contributed by atoms with Gasteiger partial charge in [-0.1, -0.05) is 240 Å². The van der Waals surface area contributed by atoms with Crippen LogP contribution in [0.4, 0.5) is 0 Å². The number of esters is 3. The van der Waals surface area contributed by atoms with Crippen molar-refractivity contribution in [3.8, 4) is 0 Å². The fraction of sp³-hybridized carbons (Fsp3) is 0.718. The van der Waals surface area contributed by atoms with Gasteiger partial charge in [0, 0.05) is 19.3 Å². The van der Waals surface area contributed by atoms with Gasteiger partial charge in [-0.2, -0.15) is 0 Å². The molecule has 474 valence electrons. The number of carbonyl (C=O) groups is 4. The average Bonchev–Trinajstić information content (AvgIpc) is 3.59. The molecule has 1 heterocycles. The Bertz CT molecular complexity index is 1810. The van der Waals surface area contributed by atoms with Crippen molar-refractivity contribution in [2.24, 2.45) is 0 Å². The molecule has 0 aromatic heterocycles. The van der Waals surface area contributed by atoms with Gasteiger partial charge in [0.1, 0.15) is 18.8 Å². The molecular formula is C71H118O12. The quantitative estimate of drug-likeness (QED) is 0.0228. The maximum atomic E-state index is 13.2. The summed E-state index contributed by atoms with van der Waals surface area (Å²) in [5.41, 5.74) is 0. The molecule has 1 rings (SSSR count). The zero-order chi connectivity index (χ0) is 60.3. The van der Waals surface area contributed by atoms with Crippen LogP contribution in [-0.2, 0) is 42.9 Å². The van der Waals surface area contributed by atoms with Crippen molar-refractivity contribution in [3.05, 3.63) is 97.2 Å². The van der Waals surface area contributed by atoms with Crippen LogP contribution in [0.25, 0.3) is 0 Å². The highest BCUT2D eigenvalue weighted by molar-refractivity contribution is 5.74. The second kappa shape index (κ2) is 58.0. The van der Waals surface area contributed by atoms with Gasteiger partial charge in [-0.15, -0.1) is 0 Å². The van der Waals surface area contributed by atoms with Gasteiger partial charge in [0.2, 0.25) is 0 Å². The molecule has 1 saturated heterocycles. The molecule has 6 atom stereocenters. The largest absolute Gasteiger partial charge is 0.479 e. The molecule has 0 aliphatic carbocycles. The fourth-order valence-electron chi connectivity index (χ4n) is 9.60. The standard InChI is InChI=1S/C71H118O12/c1-4-7-10-13-16-19-22-25-28-31-32-35-36-39-42-45-48-51-54-57-63(72)79-60-62(81-64(73)58-55-52-49-46-43-40-37-33-29-26-23-20-17-14-11-8-5-2)61-80-71-69(67(76)66(75)68(83-71)70(77)78)82-65(74)59-56-53-50-47-44-41-38-34-30-27-24-21-18-15-12-9-6-3/h8-9,11-12,16-21,25-30,62,66-69,71,75-76H,4-7,10,13-15,22-24,31-61H2,1-3H3,(H,77,78)/b11-8-,12-9-,19-16-,20-17-,21-18-,28-25-,29-26-,30-27-. The summed E-state index contributed by atoms with van der Waals surface area (Å²) >= 11 is 0. The van der Waals surface area contributed by atoms with E-state index in [2.05, 4.69) is 118 Å². The highest BCUT2D eigenvalue weighted by Gasteiger charge is 2.50. The minimum atomic E-state index is -1.91. The van der Waals surface area contributed by atoms with E-state index >= 15 is 0 Å². The van der Waals surface area contributed by atoms with Crippen molar-refractivity contribution in [1.82, 2.24) is 0 Å². The maximum absolute atomic E-state index is 13.2. The third-order valence-electron chi connectivity index (χ3n) is 14.6. The minimum absolute atomic E-state index is 0.0443. The van der Waals surface area contributed by atoms with Crippen LogP contribution in [0.15, 0.2) is 97.2 Å². The molecule has 0 spiro atoms. The van der Waals surface area contributed by atoms with E-state index in [9.17, 15) is 34.5 Å². The number of carboxylic acids is 1. The number of aliphatic carboxylic acids is 1. The van der Waals surface area contributed by atoms with E-state index in [-0.39, 0.29) is 25.9 Å². The van der Waals surface area contributed by atoms with Gasteiger partial charge in [-0.25, -0.2) is 4.79 Å². The molecule has 83 heavy (non-hydrogen) atoms. The number of carboxylic acid groups (broad SMARTS) is 1. The first-order chi connectivity index (χ1) is 40.6. The summed E-state index contributed by atoms with van der Waals surface area (Å²) in [4.78, 5) is 51.4. The number of unbranched alkanes of at least 4 members (excludes halogenated alkanes) is 26. The number of carbonyl (C=O) groups excluding carboxylic acids is 3. The van der Waals surface area contributed by atoms with Crippen molar-refractivity contribution < 1.29 is 58.2 Å². The first kappa shape index (κ1) is 76.7. The molecule has 6 unspecified atom stereocenters. The van der Waals surface area contributed by atoms with E-state index in [0.29, 0.717) is 19.3 Å². The number of hydrogen-bond donors (Lipinski definition) is 3. The number of ether oxygens (including phenoxy) is 5. The lowest BCUT2D eigenvalue weighted by Crippen LogP contribution is -2.61. The molecule has 12 heteroatoms. The Morgan fingerprint density at radius 1 is 0.410 bits per heavy atom. The first-order valence-electron chi connectivity index (χ1n) is 33.2. The molecule has 0 aromatic rings. The zero-order valence-corrected chi connectivity index (χ0v) is 52.4. The summed E-state index contributed by atoms with van der Waals surface area (Å²) in [5, 5.41) is 31.6. The zero-order valence-electron chi connectivity index (χ0n) is 52.4. The second-order valence-electron chi connectivity index (χ2n) is 22.3. The van der Waals surface area contributed by atoms with Crippen LogP contribution in [0.5, 0.6) is 0 Å². The molecule has 0 amide bonds. The average molecular weight is 1160 g/mol. The Kier molecular flexibility index (Phi) is 53.6. The summed E-state index contributed by atoms with van der Waals surface area (Å²) in [7, 11) is 0. The Labute approximate surface area is 504 Å². The van der Waals surface area contributed by atoms with Crippen molar-refractivity contribution in [3.63, 3.8) is 0 Å². The molecule has 0 bridgehead atoms. The molecular weight excluding hydrogens is 1040 g/mol. The molecule has 0 aromatic carbocycles. The van der Waals surface area contributed by atoms with Gasteiger partial charge in [0.05, 0.1) is 6.61 Å². The van der Waals surface area contributed by atoms with Crippen LogP contribution in [0.3, 0.4) is 0 Å². The normalized spacial score (nSPS) is 18.2. The predicted octanol–water partition coefficient (Wildman–Crippen LogP) is 18.0. The van der Waals surface area contributed by atoms with Gasteiger partial charge < -0.3 is 39.0 Å². The Hall–Kier alpha value is -4.36. The number of aliphatic hydroxyl groups excluding tert-OH is 2. The third-order valence-corrected chi connectivity index (χ3v) is 14.6. The number of aliphatic hydroxyl groups is 2.